The number of hydrogen-bond acceptors (Lipinski definition) is 4. The summed E-state index contributed by atoms with van der Waals surface area (Å²) in [5, 5.41) is 11.1. The number of thiophene rings is 1. The van der Waals surface area contributed by atoms with Crippen LogP contribution in [0.2, 0.25) is 0 Å². The Kier molecular flexibility index (Phi) is 2.16. The van der Waals surface area contributed by atoms with Crippen LogP contribution in [0, 0.1) is 15.9 Å². The van der Waals surface area contributed by atoms with Gasteiger partial charge in [-0.2, -0.15) is 0 Å². The van der Waals surface area contributed by atoms with E-state index >= 15 is 0 Å². The summed E-state index contributed by atoms with van der Waals surface area (Å²) in [5.74, 6) is -0.602. The van der Waals surface area contributed by atoms with E-state index < -0.39 is 10.7 Å². The first-order valence-electron chi connectivity index (χ1n) is 3.64. The highest BCUT2D eigenvalue weighted by molar-refractivity contribution is 7.83. The summed E-state index contributed by atoms with van der Waals surface area (Å²) in [6, 6.07) is 3.80. The number of hydrogen-bond donors (Lipinski definition) is 1. The predicted octanol–water partition coefficient (Wildman–Crippen LogP) is 3.24. The van der Waals surface area contributed by atoms with Gasteiger partial charge in [0.15, 0.2) is 0 Å². The van der Waals surface area contributed by atoms with Gasteiger partial charge in [-0.15, -0.1) is 24.0 Å². The lowest BCUT2D eigenvalue weighted by Gasteiger charge is -1.93. The zero-order chi connectivity index (χ0) is 10.3. The zero-order valence-electron chi connectivity index (χ0n) is 6.73. The Bertz CT molecular complexity index is 523. The van der Waals surface area contributed by atoms with Crippen LogP contribution in [0.1, 0.15) is 0 Å². The summed E-state index contributed by atoms with van der Waals surface area (Å²) in [7, 11) is 0. The summed E-state index contributed by atoms with van der Waals surface area (Å²) in [4.78, 5) is 10.0. The number of benzene rings is 1. The summed E-state index contributed by atoms with van der Waals surface area (Å²) in [5.41, 5.74) is -0.203. The van der Waals surface area contributed by atoms with Gasteiger partial charge in [0.25, 0.3) is 5.69 Å². The van der Waals surface area contributed by atoms with Crippen molar-refractivity contribution in [3.05, 3.63) is 34.1 Å². The Hall–Kier alpha value is -1.14. The number of nitro groups is 1. The van der Waals surface area contributed by atoms with E-state index in [1.807, 2.05) is 0 Å². The molecule has 72 valence electrons. The van der Waals surface area contributed by atoms with Crippen molar-refractivity contribution < 1.29 is 9.31 Å². The summed E-state index contributed by atoms with van der Waals surface area (Å²) in [6.07, 6.45) is 0. The molecule has 2 aromatic rings. The summed E-state index contributed by atoms with van der Waals surface area (Å²) >= 11 is 5.24. The van der Waals surface area contributed by atoms with Gasteiger partial charge in [-0.05, 0) is 12.1 Å². The SMILES string of the molecule is O=[N+]([O-])c1cc(F)cc2cc(S)sc12. The van der Waals surface area contributed by atoms with Crippen LogP contribution in [0.4, 0.5) is 10.1 Å². The second-order valence-electron chi connectivity index (χ2n) is 2.69. The van der Waals surface area contributed by atoms with E-state index in [2.05, 4.69) is 12.6 Å². The normalized spacial score (nSPS) is 10.7. The Labute approximate surface area is 87.7 Å². The minimum absolute atomic E-state index is 0.203. The van der Waals surface area contributed by atoms with Gasteiger partial charge in [0.1, 0.15) is 10.5 Å². The molecule has 1 aromatic heterocycles. The van der Waals surface area contributed by atoms with Crippen molar-refractivity contribution in [2.75, 3.05) is 0 Å². The molecular weight excluding hydrogens is 225 g/mol. The molecule has 0 unspecified atom stereocenters. The highest BCUT2D eigenvalue weighted by Crippen LogP contribution is 2.35. The van der Waals surface area contributed by atoms with Gasteiger partial charge in [0.2, 0.25) is 0 Å². The Morgan fingerprint density at radius 2 is 2.14 bits per heavy atom. The van der Waals surface area contributed by atoms with E-state index in [0.717, 1.165) is 6.07 Å². The third kappa shape index (κ3) is 1.46. The molecule has 0 radical (unpaired) electrons. The number of thiol groups is 1. The highest BCUT2D eigenvalue weighted by atomic mass is 32.2. The molecule has 1 aromatic carbocycles. The highest BCUT2D eigenvalue weighted by Gasteiger charge is 2.16. The fourth-order valence-corrected chi connectivity index (χ4v) is 2.50. The lowest BCUT2D eigenvalue weighted by molar-refractivity contribution is -0.383. The van der Waals surface area contributed by atoms with Gasteiger partial charge < -0.3 is 0 Å². The molecule has 0 bridgehead atoms. The van der Waals surface area contributed by atoms with Crippen molar-refractivity contribution in [3.8, 4) is 0 Å². The molecule has 0 spiro atoms. The molecule has 1 heterocycles. The van der Waals surface area contributed by atoms with Crippen molar-refractivity contribution >= 4 is 39.7 Å². The van der Waals surface area contributed by atoms with Crippen molar-refractivity contribution in [1.82, 2.24) is 0 Å². The number of halogens is 1. The quantitative estimate of drug-likeness (QED) is 0.463. The van der Waals surface area contributed by atoms with E-state index in [1.54, 1.807) is 6.07 Å². The van der Waals surface area contributed by atoms with Crippen LogP contribution in [-0.2, 0) is 0 Å². The van der Waals surface area contributed by atoms with Crippen LogP contribution in [0.15, 0.2) is 22.4 Å². The number of nitrogens with zero attached hydrogens (tertiary/aromatic N) is 1. The van der Waals surface area contributed by atoms with Gasteiger partial charge in [-0.3, -0.25) is 10.1 Å². The molecule has 0 aliphatic heterocycles. The largest absolute Gasteiger partial charge is 0.290 e. The molecule has 2 rings (SSSR count). The molecule has 0 saturated carbocycles. The topological polar surface area (TPSA) is 43.1 Å². The van der Waals surface area contributed by atoms with Crippen LogP contribution in [0.5, 0.6) is 0 Å². The number of non-ortho nitro benzene ring substituents is 1. The van der Waals surface area contributed by atoms with Gasteiger partial charge in [0, 0.05) is 5.39 Å². The third-order valence-electron chi connectivity index (χ3n) is 1.75. The smallest absolute Gasteiger partial charge is 0.258 e. The van der Waals surface area contributed by atoms with E-state index in [0.29, 0.717) is 14.3 Å². The third-order valence-corrected chi connectivity index (χ3v) is 3.12. The first kappa shape index (κ1) is 9.42. The monoisotopic (exact) mass is 229 g/mol. The van der Waals surface area contributed by atoms with Gasteiger partial charge in [-0.1, -0.05) is 0 Å². The molecule has 0 amide bonds. The molecule has 3 nitrogen and oxygen atoms in total. The Morgan fingerprint density at radius 3 is 2.79 bits per heavy atom. The zero-order valence-corrected chi connectivity index (χ0v) is 8.44. The van der Waals surface area contributed by atoms with Crippen LogP contribution in [0.25, 0.3) is 10.1 Å². The number of fused-ring (bicyclic) bond motifs is 1. The molecule has 0 fully saturated rings. The molecule has 0 saturated heterocycles. The van der Waals surface area contributed by atoms with Crippen LogP contribution < -0.4 is 0 Å². The standard InChI is InChI=1S/C8H4FNO2S2/c9-5-1-4-2-7(13)14-8(4)6(3-5)10(11)12/h1-3,13H. The lowest BCUT2D eigenvalue weighted by atomic mass is 10.2. The van der Waals surface area contributed by atoms with Crippen LogP contribution in [0.3, 0.4) is 0 Å². The molecule has 0 aliphatic carbocycles. The first-order valence-corrected chi connectivity index (χ1v) is 4.91. The van der Waals surface area contributed by atoms with Crippen molar-refractivity contribution in [2.24, 2.45) is 0 Å². The molecular formula is C8H4FNO2S2. The van der Waals surface area contributed by atoms with Gasteiger partial charge >= 0.3 is 0 Å². The molecule has 6 heteroatoms. The fourth-order valence-electron chi connectivity index (χ4n) is 1.22. The maximum absolute atomic E-state index is 12.9. The van der Waals surface area contributed by atoms with Crippen molar-refractivity contribution in [3.63, 3.8) is 0 Å². The van der Waals surface area contributed by atoms with Gasteiger partial charge in [-0.25, -0.2) is 4.39 Å². The molecule has 0 atom stereocenters. The molecule has 0 aliphatic rings. The fraction of sp³-hybridized carbons (Fsp3) is 0. The average Bonchev–Trinajstić information content (AvgIpc) is 2.42. The van der Waals surface area contributed by atoms with Crippen molar-refractivity contribution in [1.29, 1.82) is 0 Å². The second kappa shape index (κ2) is 3.21. The number of rotatable bonds is 1. The van der Waals surface area contributed by atoms with Crippen LogP contribution in [-0.4, -0.2) is 4.92 Å². The molecule has 14 heavy (non-hydrogen) atoms. The maximum Gasteiger partial charge on any atom is 0.290 e. The van der Waals surface area contributed by atoms with E-state index in [1.165, 1.54) is 17.4 Å². The van der Waals surface area contributed by atoms with E-state index in [4.69, 9.17) is 0 Å². The predicted molar refractivity (Wildman–Crippen MR) is 55.7 cm³/mol. The molecule has 0 N–H and O–H groups in total. The van der Waals surface area contributed by atoms with E-state index in [9.17, 15) is 14.5 Å². The Balaban J connectivity index is 2.85. The second-order valence-corrected chi connectivity index (χ2v) is 4.52. The van der Waals surface area contributed by atoms with E-state index in [-0.39, 0.29) is 5.69 Å². The van der Waals surface area contributed by atoms with Crippen molar-refractivity contribution in [2.45, 2.75) is 4.21 Å². The van der Waals surface area contributed by atoms with Gasteiger partial charge in [0.05, 0.1) is 15.2 Å². The minimum Gasteiger partial charge on any atom is -0.258 e. The first-order chi connectivity index (χ1) is 6.58. The summed E-state index contributed by atoms with van der Waals surface area (Å²) < 4.78 is 14.0. The maximum atomic E-state index is 12.9. The Morgan fingerprint density at radius 1 is 1.43 bits per heavy atom. The lowest BCUT2D eigenvalue weighted by Crippen LogP contribution is -1.88. The average molecular weight is 229 g/mol. The van der Waals surface area contributed by atoms with Crippen LogP contribution >= 0.6 is 24.0 Å². The summed E-state index contributed by atoms with van der Waals surface area (Å²) in [6.45, 7) is 0. The minimum atomic E-state index is -0.602. The number of nitro benzene ring substituents is 1.